The second-order valence-corrected chi connectivity index (χ2v) is 7.41. The van der Waals surface area contributed by atoms with Crippen LogP contribution in [0, 0.1) is 6.92 Å². The zero-order valence-electron chi connectivity index (χ0n) is 17.5. The van der Waals surface area contributed by atoms with Gasteiger partial charge < -0.3 is 14.8 Å². The summed E-state index contributed by atoms with van der Waals surface area (Å²) >= 11 is 0. The van der Waals surface area contributed by atoms with E-state index in [0.717, 1.165) is 39.8 Å². The quantitative estimate of drug-likeness (QED) is 0.407. The molecule has 2 N–H and O–H groups in total. The monoisotopic (exact) mass is 426 g/mol. The molecule has 0 saturated carbocycles. The number of furan rings is 1. The van der Waals surface area contributed by atoms with E-state index in [9.17, 15) is 0 Å². The fourth-order valence-electron chi connectivity index (χ4n) is 3.45. The van der Waals surface area contributed by atoms with Gasteiger partial charge in [0.05, 0.1) is 24.2 Å². The van der Waals surface area contributed by atoms with Gasteiger partial charge in [-0.05, 0) is 55.5 Å². The molecule has 0 unspecified atom stereocenters. The van der Waals surface area contributed by atoms with Gasteiger partial charge in [0.15, 0.2) is 5.76 Å². The Morgan fingerprint density at radius 3 is 2.38 bits per heavy atom. The van der Waals surface area contributed by atoms with Crippen LogP contribution < -0.4 is 5.32 Å². The molecule has 0 amide bonds. The number of hydrogen-bond donors (Lipinski definition) is 2. The third-order valence-electron chi connectivity index (χ3n) is 5.10. The lowest BCUT2D eigenvalue weighted by Crippen LogP contribution is -2.01. The maximum Gasteiger partial charge on any atom is 0.154 e. The van der Waals surface area contributed by atoms with E-state index in [4.69, 9.17) is 14.6 Å². The summed E-state index contributed by atoms with van der Waals surface area (Å²) in [5, 5.41) is 25.3. The number of benzene rings is 2. The van der Waals surface area contributed by atoms with E-state index in [0.29, 0.717) is 12.2 Å². The zero-order valence-corrected chi connectivity index (χ0v) is 17.5. The number of nitrogens with one attached hydrogen (secondary N) is 1. The first-order valence-electron chi connectivity index (χ1n) is 10.3. The Morgan fingerprint density at radius 1 is 0.906 bits per heavy atom. The lowest BCUT2D eigenvalue weighted by Gasteiger charge is -2.07. The van der Waals surface area contributed by atoms with Crippen molar-refractivity contribution in [3.05, 3.63) is 96.1 Å². The van der Waals surface area contributed by atoms with Crippen molar-refractivity contribution in [2.24, 2.45) is 0 Å². The first-order valence-corrected chi connectivity index (χ1v) is 10.3. The Labute approximate surface area is 184 Å². The van der Waals surface area contributed by atoms with Gasteiger partial charge in [-0.15, -0.1) is 5.10 Å². The second kappa shape index (κ2) is 8.52. The van der Waals surface area contributed by atoms with Crippen molar-refractivity contribution in [2.45, 2.75) is 20.1 Å². The summed E-state index contributed by atoms with van der Waals surface area (Å²) < 4.78 is 9.36. The number of nitrogens with zero attached hydrogens (tertiary/aromatic N) is 5. The molecule has 0 aliphatic carbocycles. The normalized spacial score (nSPS) is 11.1. The number of hydrogen-bond acceptors (Lipinski definition) is 6. The number of aryl methyl sites for hydroxylation is 1. The standard InChI is InChI=1S/C24H22N6O2/c1-17-7-12-23(32-17)24-18(14-29(27-24)21-5-3-2-4-6-21)13-25-19-8-10-22(11-9-19)30-15-20(16-31)26-28-30/h2-12,14-15,25,31H,13,16H2,1H3. The van der Waals surface area contributed by atoms with Gasteiger partial charge >= 0.3 is 0 Å². The van der Waals surface area contributed by atoms with Crippen molar-refractivity contribution >= 4 is 5.69 Å². The minimum atomic E-state index is -0.131. The van der Waals surface area contributed by atoms with Crippen LogP contribution in [0.25, 0.3) is 22.8 Å². The van der Waals surface area contributed by atoms with Crippen LogP contribution in [0.4, 0.5) is 5.69 Å². The zero-order chi connectivity index (χ0) is 21.9. The van der Waals surface area contributed by atoms with Gasteiger partial charge in [0, 0.05) is 24.0 Å². The number of rotatable bonds is 7. The highest BCUT2D eigenvalue weighted by Gasteiger charge is 2.15. The minimum absolute atomic E-state index is 0.131. The molecule has 0 bridgehead atoms. The Morgan fingerprint density at radius 2 is 1.69 bits per heavy atom. The maximum absolute atomic E-state index is 9.16. The molecule has 0 spiro atoms. The third kappa shape index (κ3) is 4.03. The first kappa shape index (κ1) is 19.8. The predicted octanol–water partition coefficient (Wildman–Crippen LogP) is 4.13. The lowest BCUT2D eigenvalue weighted by molar-refractivity contribution is 0.276. The molecule has 160 valence electrons. The highest BCUT2D eigenvalue weighted by atomic mass is 16.3. The van der Waals surface area contributed by atoms with Gasteiger partial charge in [0.2, 0.25) is 0 Å². The molecule has 0 radical (unpaired) electrons. The summed E-state index contributed by atoms with van der Waals surface area (Å²) in [6.07, 6.45) is 3.73. The number of aromatic nitrogens is 5. The van der Waals surface area contributed by atoms with Gasteiger partial charge in [0.25, 0.3) is 0 Å². The molecule has 32 heavy (non-hydrogen) atoms. The van der Waals surface area contributed by atoms with E-state index in [-0.39, 0.29) is 6.61 Å². The van der Waals surface area contributed by atoms with E-state index in [1.165, 1.54) is 0 Å². The Kier molecular flexibility index (Phi) is 5.27. The maximum atomic E-state index is 9.16. The number of aliphatic hydroxyl groups is 1. The SMILES string of the molecule is Cc1ccc(-c2nn(-c3ccccc3)cc2CNc2ccc(-n3cc(CO)nn3)cc2)o1. The van der Waals surface area contributed by atoms with Gasteiger partial charge in [-0.2, -0.15) is 5.10 Å². The molecular formula is C24H22N6O2. The molecule has 0 aliphatic heterocycles. The van der Waals surface area contributed by atoms with Crippen LogP contribution in [0.5, 0.6) is 0 Å². The fourth-order valence-corrected chi connectivity index (χ4v) is 3.45. The van der Waals surface area contributed by atoms with Crippen LogP contribution in [0.2, 0.25) is 0 Å². The van der Waals surface area contributed by atoms with Gasteiger partial charge in [-0.25, -0.2) is 9.36 Å². The van der Waals surface area contributed by atoms with E-state index >= 15 is 0 Å². The van der Waals surface area contributed by atoms with Gasteiger partial charge in [-0.3, -0.25) is 0 Å². The van der Waals surface area contributed by atoms with Crippen LogP contribution in [-0.2, 0) is 13.2 Å². The van der Waals surface area contributed by atoms with Crippen molar-refractivity contribution in [1.82, 2.24) is 24.8 Å². The van der Waals surface area contributed by atoms with E-state index in [1.54, 1.807) is 10.9 Å². The topological polar surface area (TPSA) is 93.9 Å². The van der Waals surface area contributed by atoms with Gasteiger partial charge in [0.1, 0.15) is 17.1 Å². The molecule has 8 heteroatoms. The Bertz CT molecular complexity index is 1320. The molecule has 0 saturated heterocycles. The van der Waals surface area contributed by atoms with Crippen LogP contribution in [0.15, 0.2) is 83.5 Å². The molecule has 0 fully saturated rings. The molecule has 2 aromatic carbocycles. The summed E-state index contributed by atoms with van der Waals surface area (Å²) in [6, 6.07) is 21.8. The van der Waals surface area contributed by atoms with E-state index in [2.05, 4.69) is 15.6 Å². The molecule has 3 aromatic heterocycles. The third-order valence-corrected chi connectivity index (χ3v) is 5.10. The van der Waals surface area contributed by atoms with E-state index in [1.807, 2.05) is 84.5 Å². The second-order valence-electron chi connectivity index (χ2n) is 7.41. The summed E-state index contributed by atoms with van der Waals surface area (Å²) in [5.74, 6) is 1.59. The largest absolute Gasteiger partial charge is 0.460 e. The minimum Gasteiger partial charge on any atom is -0.460 e. The fraction of sp³-hybridized carbons (Fsp3) is 0.125. The van der Waals surface area contributed by atoms with Crippen molar-refractivity contribution < 1.29 is 9.52 Å². The molecule has 0 aliphatic rings. The Balaban J connectivity index is 1.38. The van der Waals surface area contributed by atoms with Crippen LogP contribution in [-0.4, -0.2) is 29.9 Å². The van der Waals surface area contributed by atoms with Crippen molar-refractivity contribution in [2.75, 3.05) is 5.32 Å². The predicted molar refractivity (Wildman–Crippen MR) is 121 cm³/mol. The van der Waals surface area contributed by atoms with Crippen molar-refractivity contribution in [3.63, 3.8) is 0 Å². The van der Waals surface area contributed by atoms with Crippen LogP contribution in [0.3, 0.4) is 0 Å². The molecule has 3 heterocycles. The highest BCUT2D eigenvalue weighted by molar-refractivity contribution is 5.59. The lowest BCUT2D eigenvalue weighted by atomic mass is 10.2. The number of anilines is 1. The average Bonchev–Trinajstić information content (AvgIpc) is 3.58. The van der Waals surface area contributed by atoms with Crippen molar-refractivity contribution in [1.29, 1.82) is 0 Å². The van der Waals surface area contributed by atoms with Crippen molar-refractivity contribution in [3.8, 4) is 22.8 Å². The molecule has 8 nitrogen and oxygen atoms in total. The van der Waals surface area contributed by atoms with E-state index < -0.39 is 0 Å². The molecule has 0 atom stereocenters. The van der Waals surface area contributed by atoms with Gasteiger partial charge in [-0.1, -0.05) is 23.4 Å². The Hall–Kier alpha value is -4.17. The summed E-state index contributed by atoms with van der Waals surface area (Å²) in [7, 11) is 0. The summed E-state index contributed by atoms with van der Waals surface area (Å²) in [6.45, 7) is 2.38. The first-order chi connectivity index (χ1) is 15.7. The molecule has 5 aromatic rings. The number of aliphatic hydroxyl groups excluding tert-OH is 1. The number of para-hydroxylation sites is 1. The average molecular weight is 426 g/mol. The summed E-state index contributed by atoms with van der Waals surface area (Å²) in [5.41, 5.74) is 5.18. The highest BCUT2D eigenvalue weighted by Crippen LogP contribution is 2.26. The smallest absolute Gasteiger partial charge is 0.154 e. The molecule has 5 rings (SSSR count). The summed E-state index contributed by atoms with van der Waals surface area (Å²) in [4.78, 5) is 0. The van der Waals surface area contributed by atoms with Crippen LogP contribution in [0.1, 0.15) is 17.0 Å². The van der Waals surface area contributed by atoms with Crippen LogP contribution >= 0.6 is 0 Å². The molecular weight excluding hydrogens is 404 g/mol.